The summed E-state index contributed by atoms with van der Waals surface area (Å²) in [6.45, 7) is 27.6. The van der Waals surface area contributed by atoms with Crippen LogP contribution in [0.15, 0.2) is 63.3 Å². The SMILES string of the molecule is C=CC(=O)OC(C)COCC(COCC(C)OC(=O)C=C)(COCC(C)OC(=O)C=C)COCC(COCC(C)OC(=O)C=C)(COCC(C)OC(=O)C=C)COCC(C)OC(=O)CC. The number of carbonyl (C=O) groups is 6. The van der Waals surface area contributed by atoms with Crippen molar-refractivity contribution in [3.63, 3.8) is 0 Å². The van der Waals surface area contributed by atoms with E-state index in [1.807, 2.05) is 0 Å². The second-order valence-corrected chi connectivity index (χ2v) is 15.5. The van der Waals surface area contributed by atoms with Gasteiger partial charge in [0.2, 0.25) is 0 Å². The smallest absolute Gasteiger partial charge is 0.330 e. The van der Waals surface area contributed by atoms with Crippen LogP contribution in [0.2, 0.25) is 0 Å². The Hall–Kier alpha value is -4.76. The van der Waals surface area contributed by atoms with Crippen molar-refractivity contribution in [1.82, 2.24) is 0 Å². The summed E-state index contributed by atoms with van der Waals surface area (Å²) in [5.41, 5.74) is -2.29. The lowest BCUT2D eigenvalue weighted by molar-refractivity contribution is -0.167. The molecule has 19 heteroatoms. The minimum absolute atomic E-state index is 0.00845. The number of rotatable bonds is 40. The first-order valence-electron chi connectivity index (χ1n) is 21.2. The third kappa shape index (κ3) is 29.4. The van der Waals surface area contributed by atoms with Crippen LogP contribution in [0.5, 0.6) is 0 Å². The molecule has 0 rings (SSSR count). The molecule has 0 saturated heterocycles. The van der Waals surface area contributed by atoms with Crippen molar-refractivity contribution >= 4 is 35.8 Å². The van der Waals surface area contributed by atoms with Gasteiger partial charge in [0.15, 0.2) is 0 Å². The van der Waals surface area contributed by atoms with Gasteiger partial charge in [0.1, 0.15) is 36.6 Å². The van der Waals surface area contributed by atoms with Gasteiger partial charge in [0.25, 0.3) is 0 Å². The Morgan fingerprint density at radius 3 is 0.723 bits per heavy atom. The van der Waals surface area contributed by atoms with Crippen LogP contribution in [-0.2, 0) is 90.3 Å². The molecule has 0 heterocycles. The van der Waals surface area contributed by atoms with Gasteiger partial charge in [-0.15, -0.1) is 0 Å². The molecule has 0 spiro atoms. The lowest BCUT2D eigenvalue weighted by Crippen LogP contribution is -2.47. The van der Waals surface area contributed by atoms with Crippen molar-refractivity contribution in [2.45, 2.75) is 91.5 Å². The highest BCUT2D eigenvalue weighted by atomic mass is 16.6. The quantitative estimate of drug-likeness (QED) is 0.0481. The van der Waals surface area contributed by atoms with Gasteiger partial charge in [-0.2, -0.15) is 0 Å². The summed E-state index contributed by atoms with van der Waals surface area (Å²) in [4.78, 5) is 71.5. The van der Waals surface area contributed by atoms with Crippen molar-refractivity contribution in [1.29, 1.82) is 0 Å². The fourth-order valence-electron chi connectivity index (χ4n) is 5.38. The highest BCUT2D eigenvalue weighted by molar-refractivity contribution is 5.82. The van der Waals surface area contributed by atoms with E-state index in [1.165, 1.54) is 0 Å². The fraction of sp³-hybridized carbons (Fsp3) is 0.652. The Balaban J connectivity index is 6.99. The molecule has 0 aromatic carbocycles. The van der Waals surface area contributed by atoms with Crippen molar-refractivity contribution < 1.29 is 90.3 Å². The monoisotopic (exact) mass is 928 g/mol. The van der Waals surface area contributed by atoms with Crippen molar-refractivity contribution in [2.24, 2.45) is 10.8 Å². The predicted octanol–water partition coefficient (Wildman–Crippen LogP) is 4.01. The molecule has 0 aromatic rings. The van der Waals surface area contributed by atoms with E-state index in [1.54, 1.807) is 48.5 Å². The zero-order valence-corrected chi connectivity index (χ0v) is 39.2. The topological polar surface area (TPSA) is 222 Å². The molecule has 6 atom stereocenters. The average Bonchev–Trinajstić information content (AvgIpc) is 3.25. The van der Waals surface area contributed by atoms with Gasteiger partial charge in [-0.3, -0.25) is 4.79 Å². The maximum absolute atomic E-state index is 12.0. The van der Waals surface area contributed by atoms with Crippen LogP contribution in [0.1, 0.15) is 54.9 Å². The molecule has 0 radical (unpaired) electrons. The average molecular weight is 929 g/mol. The van der Waals surface area contributed by atoms with Gasteiger partial charge < -0.3 is 61.6 Å². The van der Waals surface area contributed by atoms with Crippen LogP contribution in [0.3, 0.4) is 0 Å². The number of carbonyl (C=O) groups excluding carboxylic acids is 6. The fourth-order valence-corrected chi connectivity index (χ4v) is 5.38. The van der Waals surface area contributed by atoms with Crippen LogP contribution in [-0.4, -0.2) is 165 Å². The van der Waals surface area contributed by atoms with Crippen molar-refractivity contribution in [3.05, 3.63) is 63.3 Å². The third-order valence-electron chi connectivity index (χ3n) is 8.42. The van der Waals surface area contributed by atoms with E-state index >= 15 is 0 Å². The van der Waals surface area contributed by atoms with E-state index in [2.05, 4.69) is 32.9 Å². The molecule has 0 saturated carbocycles. The largest absolute Gasteiger partial charge is 0.460 e. The van der Waals surface area contributed by atoms with Crippen LogP contribution in [0.25, 0.3) is 0 Å². The van der Waals surface area contributed by atoms with Gasteiger partial charge >= 0.3 is 35.8 Å². The predicted molar refractivity (Wildman–Crippen MR) is 235 cm³/mol. The first kappa shape index (κ1) is 60.2. The second-order valence-electron chi connectivity index (χ2n) is 15.5. The Kier molecular flexibility index (Phi) is 32.0. The van der Waals surface area contributed by atoms with Gasteiger partial charge in [0, 0.05) is 36.8 Å². The maximum atomic E-state index is 12.0. The molecule has 0 aliphatic heterocycles. The summed E-state index contributed by atoms with van der Waals surface area (Å²) >= 11 is 0. The zero-order chi connectivity index (χ0) is 49.3. The summed E-state index contributed by atoms with van der Waals surface area (Å²) in [6, 6.07) is 0. The molecule has 0 fully saturated rings. The molecule has 0 amide bonds. The summed E-state index contributed by atoms with van der Waals surface area (Å²) in [7, 11) is 0. The molecule has 0 aliphatic carbocycles. The lowest BCUT2D eigenvalue weighted by atomic mass is 9.90. The maximum Gasteiger partial charge on any atom is 0.330 e. The molecule has 6 unspecified atom stereocenters. The van der Waals surface area contributed by atoms with Crippen LogP contribution >= 0.6 is 0 Å². The minimum Gasteiger partial charge on any atom is -0.460 e. The highest BCUT2D eigenvalue weighted by Gasteiger charge is 2.38. The Morgan fingerprint density at radius 2 is 0.538 bits per heavy atom. The Labute approximate surface area is 383 Å². The first-order valence-corrected chi connectivity index (χ1v) is 21.2. The standard InChI is InChI=1S/C46H72O19/c1-13-39(47)60-33(7)19-53-25-45(26-54-20-34(8)61-40(48)14-2,27-55-21-35(9)62-41(49)15-3)31-59-32-46(28-56-22-36(10)63-42(50)16-4,29-57-23-37(11)64-43(51)17-5)30-58-24-38(12)65-44(52)18-6/h13-17,33-38H,1-5,18-32H2,6-12H3. The molecular weight excluding hydrogens is 856 g/mol. The van der Waals surface area contributed by atoms with Crippen molar-refractivity contribution in [3.8, 4) is 0 Å². The van der Waals surface area contributed by atoms with E-state index in [9.17, 15) is 28.8 Å². The molecule has 0 aromatic heterocycles. The number of ether oxygens (including phenoxy) is 13. The summed E-state index contributed by atoms with van der Waals surface area (Å²) in [5, 5.41) is 0. The van der Waals surface area contributed by atoms with E-state index in [4.69, 9.17) is 61.6 Å². The molecule has 19 nitrogen and oxygen atoms in total. The van der Waals surface area contributed by atoms with Gasteiger partial charge in [0.05, 0.1) is 103 Å². The highest BCUT2D eigenvalue weighted by Crippen LogP contribution is 2.27. The lowest BCUT2D eigenvalue weighted by Gasteiger charge is -2.37. The molecule has 370 valence electrons. The number of hydrogen-bond donors (Lipinski definition) is 0. The summed E-state index contributed by atoms with van der Waals surface area (Å²) in [5.74, 6) is -3.62. The minimum atomic E-state index is -1.15. The normalized spacial score (nSPS) is 15.7. The van der Waals surface area contributed by atoms with Gasteiger partial charge in [-0.25, -0.2) is 24.0 Å². The Bertz CT molecular complexity index is 1380. The number of hydrogen-bond acceptors (Lipinski definition) is 19. The second kappa shape index (κ2) is 34.6. The molecule has 0 bridgehead atoms. The molecule has 0 N–H and O–H groups in total. The first-order chi connectivity index (χ1) is 30.8. The van der Waals surface area contributed by atoms with E-state index in [0.717, 1.165) is 30.4 Å². The third-order valence-corrected chi connectivity index (χ3v) is 8.42. The molecule has 65 heavy (non-hydrogen) atoms. The van der Waals surface area contributed by atoms with Crippen LogP contribution in [0, 0.1) is 10.8 Å². The van der Waals surface area contributed by atoms with Gasteiger partial charge in [-0.1, -0.05) is 39.8 Å². The summed E-state index contributed by atoms with van der Waals surface area (Å²) < 4.78 is 75.0. The van der Waals surface area contributed by atoms with Crippen LogP contribution < -0.4 is 0 Å². The van der Waals surface area contributed by atoms with E-state index < -0.39 is 83.3 Å². The molecule has 0 aliphatic rings. The molecular formula is C46H72O19. The van der Waals surface area contributed by atoms with E-state index in [0.29, 0.717) is 0 Å². The Morgan fingerprint density at radius 1 is 0.354 bits per heavy atom. The summed E-state index contributed by atoms with van der Waals surface area (Å²) in [6.07, 6.45) is 1.30. The van der Waals surface area contributed by atoms with Gasteiger partial charge in [-0.05, 0) is 41.5 Å². The zero-order valence-electron chi connectivity index (χ0n) is 39.2. The van der Waals surface area contributed by atoms with Crippen molar-refractivity contribution in [2.75, 3.05) is 92.5 Å². The van der Waals surface area contributed by atoms with E-state index in [-0.39, 0.29) is 98.9 Å². The number of esters is 6. The van der Waals surface area contributed by atoms with Crippen LogP contribution in [0.4, 0.5) is 0 Å².